The molecular formula is C14H14N2O2. The van der Waals surface area contributed by atoms with Gasteiger partial charge >= 0.3 is 5.97 Å². The number of carboxylic acids is 1. The summed E-state index contributed by atoms with van der Waals surface area (Å²) in [6.45, 7) is 0. The van der Waals surface area contributed by atoms with Crippen LogP contribution in [0.3, 0.4) is 0 Å². The van der Waals surface area contributed by atoms with Crippen LogP contribution in [0.25, 0.3) is 0 Å². The number of aryl methyl sites for hydroxylation is 1. The number of aromatic carboxylic acids is 1. The summed E-state index contributed by atoms with van der Waals surface area (Å²) in [6, 6.07) is 7.44. The van der Waals surface area contributed by atoms with E-state index >= 15 is 0 Å². The maximum atomic E-state index is 10.8. The predicted molar refractivity (Wildman–Crippen MR) is 66.7 cm³/mol. The van der Waals surface area contributed by atoms with Crippen molar-refractivity contribution in [2.75, 3.05) is 0 Å². The van der Waals surface area contributed by atoms with Gasteiger partial charge in [0.2, 0.25) is 0 Å². The van der Waals surface area contributed by atoms with Gasteiger partial charge in [-0.3, -0.25) is 0 Å². The number of rotatable bonds is 2. The fourth-order valence-corrected chi connectivity index (χ4v) is 2.60. The summed E-state index contributed by atoms with van der Waals surface area (Å²) in [7, 11) is 0. The summed E-state index contributed by atoms with van der Waals surface area (Å²) in [5.74, 6) is -0.881. The Balaban J connectivity index is 1.95. The zero-order chi connectivity index (χ0) is 12.5. The molecule has 18 heavy (non-hydrogen) atoms. The van der Waals surface area contributed by atoms with Crippen LogP contribution in [0, 0.1) is 0 Å². The minimum atomic E-state index is -0.881. The average Bonchev–Trinajstić information content (AvgIpc) is 2.87. The van der Waals surface area contributed by atoms with Crippen LogP contribution in [0.2, 0.25) is 0 Å². The van der Waals surface area contributed by atoms with E-state index in [0.717, 1.165) is 24.8 Å². The predicted octanol–water partition coefficient (Wildman–Crippen LogP) is 2.51. The lowest BCUT2D eigenvalue weighted by molar-refractivity contribution is 0.0697. The van der Waals surface area contributed by atoms with Crippen LogP contribution < -0.4 is 0 Å². The Hall–Kier alpha value is -2.10. The fourth-order valence-electron chi connectivity index (χ4n) is 2.60. The van der Waals surface area contributed by atoms with Crippen molar-refractivity contribution in [1.82, 2.24) is 9.55 Å². The van der Waals surface area contributed by atoms with Gasteiger partial charge in [-0.15, -0.1) is 0 Å². The number of carboxylic acid groups (broad SMARTS) is 1. The van der Waals surface area contributed by atoms with Crippen molar-refractivity contribution in [3.63, 3.8) is 0 Å². The van der Waals surface area contributed by atoms with Gasteiger partial charge in [-0.05, 0) is 37.0 Å². The molecule has 1 aliphatic heterocycles. The zero-order valence-electron chi connectivity index (χ0n) is 9.91. The van der Waals surface area contributed by atoms with E-state index in [1.54, 1.807) is 12.1 Å². The Kier molecular flexibility index (Phi) is 2.63. The van der Waals surface area contributed by atoms with Gasteiger partial charge in [-0.2, -0.15) is 0 Å². The second-order valence-corrected chi connectivity index (χ2v) is 4.63. The van der Waals surface area contributed by atoms with E-state index in [1.165, 1.54) is 5.69 Å². The molecule has 0 fully saturated rings. The van der Waals surface area contributed by atoms with E-state index in [-0.39, 0.29) is 0 Å². The lowest BCUT2D eigenvalue weighted by Crippen LogP contribution is -2.17. The van der Waals surface area contributed by atoms with Crippen LogP contribution in [0.4, 0.5) is 0 Å². The largest absolute Gasteiger partial charge is 0.478 e. The van der Waals surface area contributed by atoms with Crippen molar-refractivity contribution in [2.45, 2.75) is 25.3 Å². The molecule has 0 amide bonds. The van der Waals surface area contributed by atoms with Gasteiger partial charge in [-0.1, -0.05) is 12.1 Å². The van der Waals surface area contributed by atoms with Crippen LogP contribution in [-0.4, -0.2) is 20.6 Å². The summed E-state index contributed by atoms with van der Waals surface area (Å²) in [5, 5.41) is 8.90. The first-order valence-electron chi connectivity index (χ1n) is 6.09. The summed E-state index contributed by atoms with van der Waals surface area (Å²) >= 11 is 0. The molecular weight excluding hydrogens is 228 g/mol. The monoisotopic (exact) mass is 242 g/mol. The normalized spacial score (nSPS) is 18.3. The second-order valence-electron chi connectivity index (χ2n) is 4.63. The highest BCUT2D eigenvalue weighted by atomic mass is 16.4. The van der Waals surface area contributed by atoms with Crippen molar-refractivity contribution < 1.29 is 9.90 Å². The number of fused-ring (bicyclic) bond motifs is 1. The third-order valence-corrected chi connectivity index (χ3v) is 3.53. The molecule has 4 heteroatoms. The van der Waals surface area contributed by atoms with Gasteiger partial charge in [0.15, 0.2) is 0 Å². The molecule has 92 valence electrons. The Morgan fingerprint density at radius 2 is 2.11 bits per heavy atom. The Bertz CT molecular complexity index is 572. The summed E-state index contributed by atoms with van der Waals surface area (Å²) in [6.07, 6.45) is 7.08. The third kappa shape index (κ3) is 1.79. The highest BCUT2D eigenvalue weighted by molar-refractivity contribution is 5.87. The molecule has 0 spiro atoms. The molecule has 4 nitrogen and oxygen atoms in total. The number of hydrogen-bond donors (Lipinski definition) is 1. The lowest BCUT2D eigenvalue weighted by Gasteiger charge is -2.25. The molecule has 0 saturated carbocycles. The van der Waals surface area contributed by atoms with E-state index in [1.807, 2.05) is 24.7 Å². The highest BCUT2D eigenvalue weighted by Gasteiger charge is 2.20. The number of nitrogens with zero attached hydrogens (tertiary/aromatic N) is 2. The molecule has 2 heterocycles. The van der Waals surface area contributed by atoms with Gasteiger partial charge in [0.05, 0.1) is 17.9 Å². The molecule has 0 radical (unpaired) electrons. The molecule has 0 unspecified atom stereocenters. The number of benzene rings is 1. The standard InChI is InChI=1S/C14H14N2O2/c17-14(18)11-6-4-10(5-7-11)13-3-1-2-12-8-15-9-16(12)13/h4-9,13H,1-3H2,(H,17,18)/t13-/m0/s1. The van der Waals surface area contributed by atoms with Gasteiger partial charge in [0, 0.05) is 11.9 Å². The summed E-state index contributed by atoms with van der Waals surface area (Å²) in [5.41, 5.74) is 2.74. The van der Waals surface area contributed by atoms with Crippen molar-refractivity contribution in [2.24, 2.45) is 0 Å². The quantitative estimate of drug-likeness (QED) is 0.880. The van der Waals surface area contributed by atoms with Crippen LogP contribution in [0.15, 0.2) is 36.8 Å². The van der Waals surface area contributed by atoms with Gasteiger partial charge < -0.3 is 9.67 Å². The first-order valence-corrected chi connectivity index (χ1v) is 6.09. The topological polar surface area (TPSA) is 55.1 Å². The average molecular weight is 242 g/mol. The lowest BCUT2D eigenvalue weighted by atomic mass is 9.95. The van der Waals surface area contributed by atoms with E-state index < -0.39 is 5.97 Å². The Morgan fingerprint density at radius 1 is 1.33 bits per heavy atom. The molecule has 0 bridgehead atoms. The molecule has 3 rings (SSSR count). The van der Waals surface area contributed by atoms with Crippen LogP contribution in [0.1, 0.15) is 40.5 Å². The summed E-state index contributed by atoms with van der Waals surface area (Å²) in [4.78, 5) is 15.0. The maximum absolute atomic E-state index is 10.8. The van der Waals surface area contributed by atoms with Crippen molar-refractivity contribution in [1.29, 1.82) is 0 Å². The molecule has 2 aromatic rings. The SMILES string of the molecule is O=C(O)c1ccc([C@@H]2CCCc3cncn32)cc1. The number of carbonyl (C=O) groups is 1. The minimum absolute atomic E-state index is 0.291. The third-order valence-electron chi connectivity index (χ3n) is 3.53. The van der Waals surface area contributed by atoms with E-state index in [0.29, 0.717) is 11.6 Å². The molecule has 1 aromatic carbocycles. The van der Waals surface area contributed by atoms with E-state index in [9.17, 15) is 4.79 Å². The zero-order valence-corrected chi connectivity index (χ0v) is 9.91. The maximum Gasteiger partial charge on any atom is 0.335 e. The Labute approximate surface area is 105 Å². The van der Waals surface area contributed by atoms with Crippen LogP contribution in [-0.2, 0) is 6.42 Å². The molecule has 1 N–H and O–H groups in total. The Morgan fingerprint density at radius 3 is 2.83 bits per heavy atom. The number of imidazole rings is 1. The summed E-state index contributed by atoms with van der Waals surface area (Å²) < 4.78 is 2.19. The molecule has 1 aliphatic rings. The van der Waals surface area contributed by atoms with Gasteiger partial charge in [0.25, 0.3) is 0 Å². The number of hydrogen-bond acceptors (Lipinski definition) is 2. The van der Waals surface area contributed by atoms with Crippen LogP contribution >= 0.6 is 0 Å². The highest BCUT2D eigenvalue weighted by Crippen LogP contribution is 2.30. The molecule has 1 atom stereocenters. The van der Waals surface area contributed by atoms with Gasteiger partial charge in [-0.25, -0.2) is 9.78 Å². The van der Waals surface area contributed by atoms with Gasteiger partial charge in [0.1, 0.15) is 0 Å². The second kappa shape index (κ2) is 4.29. The first kappa shape index (κ1) is 11.0. The molecule has 0 saturated heterocycles. The smallest absolute Gasteiger partial charge is 0.335 e. The van der Waals surface area contributed by atoms with E-state index in [4.69, 9.17) is 5.11 Å². The molecule has 0 aliphatic carbocycles. The molecule has 1 aromatic heterocycles. The van der Waals surface area contributed by atoms with Crippen molar-refractivity contribution in [3.05, 3.63) is 53.6 Å². The fraction of sp³-hybridized carbons (Fsp3) is 0.286. The van der Waals surface area contributed by atoms with Crippen molar-refractivity contribution >= 4 is 5.97 Å². The van der Waals surface area contributed by atoms with Crippen molar-refractivity contribution in [3.8, 4) is 0 Å². The van der Waals surface area contributed by atoms with E-state index in [2.05, 4.69) is 9.55 Å². The minimum Gasteiger partial charge on any atom is -0.478 e. The van der Waals surface area contributed by atoms with Crippen LogP contribution in [0.5, 0.6) is 0 Å². The first-order chi connectivity index (χ1) is 8.75. The number of aromatic nitrogens is 2.